The molecule has 5 nitrogen and oxygen atoms in total. The van der Waals surface area contributed by atoms with Gasteiger partial charge in [-0.3, -0.25) is 4.79 Å². The standard InChI is InChI=1S/C20H19F6NO4/c1-29-17-10-13(6-8-16(17)30-12-19(21,22)23)7-9-18(28)27-11-14-4-2-3-5-15(14)31-20(24,25)26/h2-6,8,10H,7,9,11-12H2,1H3,(H,27,28). The summed E-state index contributed by atoms with van der Waals surface area (Å²) in [5.41, 5.74) is 0.758. The second kappa shape index (κ2) is 10.3. The molecule has 0 unspecified atom stereocenters. The van der Waals surface area contributed by atoms with Crippen LogP contribution in [0.2, 0.25) is 0 Å². The lowest BCUT2D eigenvalue weighted by Gasteiger charge is -2.14. The zero-order valence-corrected chi connectivity index (χ0v) is 16.3. The quantitative estimate of drug-likeness (QED) is 0.558. The number of para-hydroxylation sites is 1. The van der Waals surface area contributed by atoms with Gasteiger partial charge in [0.25, 0.3) is 0 Å². The van der Waals surface area contributed by atoms with Crippen LogP contribution in [0.4, 0.5) is 26.3 Å². The number of nitrogens with one attached hydrogen (secondary N) is 1. The van der Waals surface area contributed by atoms with Gasteiger partial charge < -0.3 is 19.5 Å². The first kappa shape index (κ1) is 24.2. The van der Waals surface area contributed by atoms with Crippen molar-refractivity contribution in [3.05, 3.63) is 53.6 Å². The maximum absolute atomic E-state index is 12.4. The summed E-state index contributed by atoms with van der Waals surface area (Å²) in [5.74, 6) is -0.845. The number of carbonyl (C=O) groups is 1. The van der Waals surface area contributed by atoms with Crippen LogP contribution in [0.15, 0.2) is 42.5 Å². The fourth-order valence-corrected chi connectivity index (χ4v) is 2.56. The molecule has 0 saturated carbocycles. The number of amides is 1. The molecule has 170 valence electrons. The van der Waals surface area contributed by atoms with Crippen LogP contribution < -0.4 is 19.5 Å². The number of hydrogen-bond acceptors (Lipinski definition) is 4. The van der Waals surface area contributed by atoms with Crippen molar-refractivity contribution in [2.75, 3.05) is 13.7 Å². The summed E-state index contributed by atoms with van der Waals surface area (Å²) in [6, 6.07) is 9.68. The van der Waals surface area contributed by atoms with E-state index in [0.29, 0.717) is 5.56 Å². The number of rotatable bonds is 9. The number of alkyl halides is 6. The Bertz CT molecular complexity index is 883. The number of carbonyl (C=O) groups excluding carboxylic acids is 1. The predicted molar refractivity (Wildman–Crippen MR) is 97.8 cm³/mol. The molecular formula is C20H19F6NO4. The summed E-state index contributed by atoms with van der Waals surface area (Å²) in [6.45, 7) is -1.64. The van der Waals surface area contributed by atoms with Gasteiger partial charge in [0.15, 0.2) is 18.1 Å². The molecule has 0 heterocycles. The molecule has 0 radical (unpaired) electrons. The van der Waals surface area contributed by atoms with Crippen molar-refractivity contribution in [3.63, 3.8) is 0 Å². The smallest absolute Gasteiger partial charge is 0.493 e. The predicted octanol–water partition coefficient (Wildman–Crippen LogP) is 4.78. The summed E-state index contributed by atoms with van der Waals surface area (Å²) in [6.07, 6.45) is -9.13. The molecule has 2 aromatic carbocycles. The van der Waals surface area contributed by atoms with Crippen molar-refractivity contribution in [1.29, 1.82) is 0 Å². The Hall–Kier alpha value is -3.11. The van der Waals surface area contributed by atoms with E-state index in [-0.39, 0.29) is 36.4 Å². The van der Waals surface area contributed by atoms with Crippen LogP contribution in [0, 0.1) is 0 Å². The zero-order chi connectivity index (χ0) is 23.1. The molecular weight excluding hydrogens is 432 g/mol. The van der Waals surface area contributed by atoms with Gasteiger partial charge in [-0.25, -0.2) is 0 Å². The van der Waals surface area contributed by atoms with Crippen molar-refractivity contribution in [3.8, 4) is 17.2 Å². The minimum Gasteiger partial charge on any atom is -0.493 e. The molecule has 1 N–H and O–H groups in total. The fraction of sp³-hybridized carbons (Fsp3) is 0.350. The zero-order valence-electron chi connectivity index (χ0n) is 16.3. The monoisotopic (exact) mass is 451 g/mol. The Kier molecular flexibility index (Phi) is 8.01. The molecule has 0 bridgehead atoms. The van der Waals surface area contributed by atoms with E-state index in [4.69, 9.17) is 4.74 Å². The summed E-state index contributed by atoms with van der Waals surface area (Å²) < 4.78 is 87.8. The van der Waals surface area contributed by atoms with E-state index in [1.165, 1.54) is 43.5 Å². The molecule has 0 aliphatic rings. The average molecular weight is 451 g/mol. The topological polar surface area (TPSA) is 56.8 Å². The van der Waals surface area contributed by atoms with E-state index in [9.17, 15) is 31.1 Å². The molecule has 2 rings (SSSR count). The van der Waals surface area contributed by atoms with Crippen molar-refractivity contribution < 1.29 is 45.3 Å². The van der Waals surface area contributed by atoms with Gasteiger partial charge in [0.05, 0.1) is 7.11 Å². The lowest BCUT2D eigenvalue weighted by molar-refractivity contribution is -0.274. The third-order valence-electron chi connectivity index (χ3n) is 3.93. The molecule has 31 heavy (non-hydrogen) atoms. The lowest BCUT2D eigenvalue weighted by atomic mass is 10.1. The van der Waals surface area contributed by atoms with Crippen LogP contribution in [-0.2, 0) is 17.8 Å². The highest BCUT2D eigenvalue weighted by Gasteiger charge is 2.32. The molecule has 0 aromatic heterocycles. The SMILES string of the molecule is COc1cc(CCC(=O)NCc2ccccc2OC(F)(F)F)ccc1OCC(F)(F)F. The van der Waals surface area contributed by atoms with E-state index < -0.39 is 30.8 Å². The summed E-state index contributed by atoms with van der Waals surface area (Å²) in [4.78, 5) is 12.1. The van der Waals surface area contributed by atoms with Gasteiger partial charge in [0.1, 0.15) is 5.75 Å². The van der Waals surface area contributed by atoms with Gasteiger partial charge in [-0.05, 0) is 30.2 Å². The molecule has 0 aliphatic carbocycles. The Morgan fingerprint density at radius 3 is 2.32 bits per heavy atom. The van der Waals surface area contributed by atoms with Crippen LogP contribution in [0.1, 0.15) is 17.5 Å². The highest BCUT2D eigenvalue weighted by Crippen LogP contribution is 2.30. The van der Waals surface area contributed by atoms with Crippen molar-refractivity contribution in [1.82, 2.24) is 5.32 Å². The number of halogens is 6. The molecule has 0 atom stereocenters. The van der Waals surface area contributed by atoms with Crippen LogP contribution in [0.3, 0.4) is 0 Å². The molecule has 0 aliphatic heterocycles. The van der Waals surface area contributed by atoms with Crippen molar-refractivity contribution in [2.24, 2.45) is 0 Å². The van der Waals surface area contributed by atoms with Crippen LogP contribution in [0.25, 0.3) is 0 Å². The van der Waals surface area contributed by atoms with E-state index in [2.05, 4.69) is 14.8 Å². The second-order valence-electron chi connectivity index (χ2n) is 6.32. The molecule has 0 fully saturated rings. The number of aryl methyl sites for hydroxylation is 1. The van der Waals surface area contributed by atoms with Gasteiger partial charge in [-0.1, -0.05) is 24.3 Å². The van der Waals surface area contributed by atoms with Crippen LogP contribution in [0.5, 0.6) is 17.2 Å². The summed E-state index contributed by atoms with van der Waals surface area (Å²) >= 11 is 0. The first-order valence-corrected chi connectivity index (χ1v) is 8.93. The number of benzene rings is 2. The van der Waals surface area contributed by atoms with Crippen molar-refractivity contribution in [2.45, 2.75) is 31.9 Å². The summed E-state index contributed by atoms with van der Waals surface area (Å²) in [7, 11) is 1.27. The van der Waals surface area contributed by atoms with E-state index >= 15 is 0 Å². The van der Waals surface area contributed by atoms with E-state index in [1.54, 1.807) is 0 Å². The minimum atomic E-state index is -4.85. The normalized spacial score (nSPS) is 11.7. The molecule has 11 heteroatoms. The number of ether oxygens (including phenoxy) is 3. The highest BCUT2D eigenvalue weighted by molar-refractivity contribution is 5.76. The maximum Gasteiger partial charge on any atom is 0.573 e. The lowest BCUT2D eigenvalue weighted by Crippen LogP contribution is -2.24. The van der Waals surface area contributed by atoms with Gasteiger partial charge in [0, 0.05) is 18.5 Å². The first-order chi connectivity index (χ1) is 14.5. The maximum atomic E-state index is 12.4. The number of hydrogen-bond donors (Lipinski definition) is 1. The van der Waals surface area contributed by atoms with Crippen LogP contribution in [-0.4, -0.2) is 32.2 Å². The van der Waals surface area contributed by atoms with Crippen molar-refractivity contribution >= 4 is 5.91 Å². The first-order valence-electron chi connectivity index (χ1n) is 8.93. The highest BCUT2D eigenvalue weighted by atomic mass is 19.4. The van der Waals surface area contributed by atoms with Gasteiger partial charge in [0.2, 0.25) is 5.91 Å². The third kappa shape index (κ3) is 8.65. The van der Waals surface area contributed by atoms with Crippen LogP contribution >= 0.6 is 0 Å². The van der Waals surface area contributed by atoms with Gasteiger partial charge in [-0.2, -0.15) is 13.2 Å². The largest absolute Gasteiger partial charge is 0.573 e. The van der Waals surface area contributed by atoms with Gasteiger partial charge in [-0.15, -0.1) is 13.2 Å². The Morgan fingerprint density at radius 2 is 1.68 bits per heavy atom. The average Bonchev–Trinajstić information content (AvgIpc) is 2.68. The Labute approximate surface area is 173 Å². The second-order valence-corrected chi connectivity index (χ2v) is 6.32. The summed E-state index contributed by atoms with van der Waals surface area (Å²) in [5, 5.41) is 2.51. The Balaban J connectivity index is 1.90. The number of methoxy groups -OCH3 is 1. The van der Waals surface area contributed by atoms with Gasteiger partial charge >= 0.3 is 12.5 Å². The molecule has 1 amide bonds. The fourth-order valence-electron chi connectivity index (χ4n) is 2.56. The van der Waals surface area contributed by atoms with E-state index in [0.717, 1.165) is 6.07 Å². The third-order valence-corrected chi connectivity index (χ3v) is 3.93. The molecule has 0 saturated heterocycles. The molecule has 0 spiro atoms. The minimum absolute atomic E-state index is 0.00575. The Morgan fingerprint density at radius 1 is 0.968 bits per heavy atom. The molecule has 2 aromatic rings. The van der Waals surface area contributed by atoms with E-state index in [1.807, 2.05) is 0 Å².